The molecule has 1 N–H and O–H groups in total. The fourth-order valence-electron chi connectivity index (χ4n) is 2.07. The molecule has 2 amide bonds. The van der Waals surface area contributed by atoms with E-state index in [-0.39, 0.29) is 12.1 Å². The van der Waals surface area contributed by atoms with Crippen molar-refractivity contribution in [2.24, 2.45) is 0 Å². The first-order valence-corrected chi connectivity index (χ1v) is 6.49. The van der Waals surface area contributed by atoms with Gasteiger partial charge >= 0.3 is 6.03 Å². The molecule has 5 heteroatoms. The van der Waals surface area contributed by atoms with Crippen LogP contribution in [0.15, 0.2) is 30.3 Å². The highest BCUT2D eigenvalue weighted by molar-refractivity contribution is 5.74. The van der Waals surface area contributed by atoms with Gasteiger partial charge in [0.05, 0.1) is 19.8 Å². The molecule has 1 aromatic carbocycles. The second-order valence-electron chi connectivity index (χ2n) is 4.44. The summed E-state index contributed by atoms with van der Waals surface area (Å²) in [6.07, 6.45) is -0.0388. The molecule has 0 saturated carbocycles. The summed E-state index contributed by atoms with van der Waals surface area (Å²) in [6, 6.07) is 9.93. The topological polar surface area (TPSA) is 50.8 Å². The van der Waals surface area contributed by atoms with Gasteiger partial charge in [-0.2, -0.15) is 0 Å². The van der Waals surface area contributed by atoms with Gasteiger partial charge in [-0.05, 0) is 5.56 Å². The molecule has 0 aromatic heterocycles. The van der Waals surface area contributed by atoms with Crippen molar-refractivity contribution in [2.75, 3.05) is 40.0 Å². The highest BCUT2D eigenvalue weighted by Gasteiger charge is 2.24. The van der Waals surface area contributed by atoms with E-state index < -0.39 is 0 Å². The number of amides is 2. The number of nitrogens with one attached hydrogen (secondary N) is 1. The molecule has 0 spiro atoms. The molecule has 0 radical (unpaired) electrons. The number of carbonyl (C=O) groups excluding carboxylic acids is 1. The second-order valence-corrected chi connectivity index (χ2v) is 4.44. The fraction of sp³-hybridized carbons (Fsp3) is 0.500. The second kappa shape index (κ2) is 7.11. The molecule has 0 bridgehead atoms. The molecule has 1 fully saturated rings. The van der Waals surface area contributed by atoms with Crippen molar-refractivity contribution in [2.45, 2.75) is 6.10 Å². The quantitative estimate of drug-likeness (QED) is 0.837. The van der Waals surface area contributed by atoms with Gasteiger partial charge < -0.3 is 19.7 Å². The molecule has 1 aliphatic rings. The number of hydrogen-bond donors (Lipinski definition) is 1. The lowest BCUT2D eigenvalue weighted by molar-refractivity contribution is -0.0155. The van der Waals surface area contributed by atoms with E-state index >= 15 is 0 Å². The van der Waals surface area contributed by atoms with Crippen LogP contribution in [0.25, 0.3) is 0 Å². The third kappa shape index (κ3) is 3.94. The summed E-state index contributed by atoms with van der Waals surface area (Å²) in [4.78, 5) is 13.7. The van der Waals surface area contributed by atoms with Crippen LogP contribution in [0.2, 0.25) is 0 Å². The molecular formula is C14H20N2O3. The van der Waals surface area contributed by atoms with Gasteiger partial charge in [-0.15, -0.1) is 0 Å². The Balaban J connectivity index is 1.88. The lowest BCUT2D eigenvalue weighted by Gasteiger charge is -2.33. The van der Waals surface area contributed by atoms with Gasteiger partial charge in [0.2, 0.25) is 0 Å². The van der Waals surface area contributed by atoms with Gasteiger partial charge in [0.15, 0.2) is 0 Å². The maximum atomic E-state index is 12.0. The van der Waals surface area contributed by atoms with Crippen molar-refractivity contribution in [1.82, 2.24) is 10.2 Å². The minimum absolute atomic E-state index is 0.0388. The Morgan fingerprint density at radius 2 is 2.26 bits per heavy atom. The largest absolute Gasteiger partial charge is 0.383 e. The fourth-order valence-corrected chi connectivity index (χ4v) is 2.07. The number of urea groups is 1. The molecular weight excluding hydrogens is 244 g/mol. The minimum Gasteiger partial charge on any atom is -0.383 e. The molecule has 104 valence electrons. The Kier molecular flexibility index (Phi) is 5.18. The SMILES string of the molecule is COCCNC(=O)N1CCOC(c2ccccc2)C1. The monoisotopic (exact) mass is 264 g/mol. The molecule has 1 heterocycles. The summed E-state index contributed by atoms with van der Waals surface area (Å²) >= 11 is 0. The molecule has 1 unspecified atom stereocenters. The first-order chi connectivity index (χ1) is 9.31. The van der Waals surface area contributed by atoms with E-state index in [2.05, 4.69) is 5.32 Å². The van der Waals surface area contributed by atoms with E-state index in [0.717, 1.165) is 5.56 Å². The Labute approximate surface area is 113 Å². The zero-order valence-electron chi connectivity index (χ0n) is 11.2. The lowest BCUT2D eigenvalue weighted by atomic mass is 10.1. The number of rotatable bonds is 4. The third-order valence-corrected chi connectivity index (χ3v) is 3.11. The van der Waals surface area contributed by atoms with Crippen molar-refractivity contribution in [3.05, 3.63) is 35.9 Å². The van der Waals surface area contributed by atoms with E-state index in [1.54, 1.807) is 12.0 Å². The van der Waals surface area contributed by atoms with Crippen molar-refractivity contribution in [1.29, 1.82) is 0 Å². The molecule has 1 saturated heterocycles. The maximum absolute atomic E-state index is 12.0. The Morgan fingerprint density at radius 1 is 1.47 bits per heavy atom. The zero-order valence-corrected chi connectivity index (χ0v) is 11.2. The number of ether oxygens (including phenoxy) is 2. The van der Waals surface area contributed by atoms with E-state index in [9.17, 15) is 4.79 Å². The maximum Gasteiger partial charge on any atom is 0.317 e. The van der Waals surface area contributed by atoms with Crippen LogP contribution in [0.4, 0.5) is 4.79 Å². The molecule has 1 aromatic rings. The average molecular weight is 264 g/mol. The Bertz CT molecular complexity index is 397. The summed E-state index contributed by atoms with van der Waals surface area (Å²) < 4.78 is 10.6. The number of hydrogen-bond acceptors (Lipinski definition) is 3. The number of methoxy groups -OCH3 is 1. The van der Waals surface area contributed by atoms with Gasteiger partial charge in [0.25, 0.3) is 0 Å². The summed E-state index contributed by atoms with van der Waals surface area (Å²) in [5.41, 5.74) is 1.11. The van der Waals surface area contributed by atoms with Gasteiger partial charge in [0, 0.05) is 20.2 Å². The molecule has 5 nitrogen and oxygen atoms in total. The Hall–Kier alpha value is -1.59. The van der Waals surface area contributed by atoms with Crippen LogP contribution in [0.3, 0.4) is 0 Å². The highest BCUT2D eigenvalue weighted by atomic mass is 16.5. The van der Waals surface area contributed by atoms with Crippen LogP contribution in [0.5, 0.6) is 0 Å². The molecule has 2 rings (SSSR count). The first-order valence-electron chi connectivity index (χ1n) is 6.49. The van der Waals surface area contributed by atoms with Crippen LogP contribution < -0.4 is 5.32 Å². The highest BCUT2D eigenvalue weighted by Crippen LogP contribution is 2.21. The number of nitrogens with zero attached hydrogens (tertiary/aromatic N) is 1. The van der Waals surface area contributed by atoms with E-state index in [1.165, 1.54) is 0 Å². The first kappa shape index (κ1) is 13.8. The predicted molar refractivity (Wildman–Crippen MR) is 72.0 cm³/mol. The summed E-state index contributed by atoms with van der Waals surface area (Å²) in [5.74, 6) is 0. The number of carbonyl (C=O) groups is 1. The van der Waals surface area contributed by atoms with Crippen molar-refractivity contribution in [3.63, 3.8) is 0 Å². The van der Waals surface area contributed by atoms with Crippen molar-refractivity contribution >= 4 is 6.03 Å². The smallest absolute Gasteiger partial charge is 0.317 e. The molecule has 19 heavy (non-hydrogen) atoms. The van der Waals surface area contributed by atoms with Crippen LogP contribution in [-0.2, 0) is 9.47 Å². The molecule has 0 aliphatic carbocycles. The van der Waals surface area contributed by atoms with Gasteiger partial charge in [-0.3, -0.25) is 0 Å². The zero-order chi connectivity index (χ0) is 13.5. The molecule has 1 aliphatic heterocycles. The van der Waals surface area contributed by atoms with Gasteiger partial charge in [-0.1, -0.05) is 30.3 Å². The summed E-state index contributed by atoms with van der Waals surface area (Å²) in [6.45, 7) is 2.84. The predicted octanol–water partition coefficient (Wildman–Crippen LogP) is 1.42. The van der Waals surface area contributed by atoms with E-state index in [1.807, 2.05) is 30.3 Å². The van der Waals surface area contributed by atoms with E-state index in [4.69, 9.17) is 9.47 Å². The van der Waals surface area contributed by atoms with Crippen LogP contribution in [0.1, 0.15) is 11.7 Å². The van der Waals surface area contributed by atoms with Crippen LogP contribution in [-0.4, -0.2) is 50.9 Å². The summed E-state index contributed by atoms with van der Waals surface area (Å²) in [5, 5.41) is 2.83. The average Bonchev–Trinajstić information content (AvgIpc) is 2.48. The lowest BCUT2D eigenvalue weighted by Crippen LogP contribution is -2.47. The normalized spacial score (nSPS) is 19.2. The Morgan fingerprint density at radius 3 is 3.00 bits per heavy atom. The molecule has 1 atom stereocenters. The summed E-state index contributed by atoms with van der Waals surface area (Å²) in [7, 11) is 1.62. The number of benzene rings is 1. The van der Waals surface area contributed by atoms with Gasteiger partial charge in [-0.25, -0.2) is 4.79 Å². The van der Waals surface area contributed by atoms with Crippen molar-refractivity contribution in [3.8, 4) is 0 Å². The number of morpholine rings is 1. The van der Waals surface area contributed by atoms with Gasteiger partial charge in [0.1, 0.15) is 6.10 Å². The third-order valence-electron chi connectivity index (χ3n) is 3.11. The van der Waals surface area contributed by atoms with Crippen LogP contribution in [0, 0.1) is 0 Å². The van der Waals surface area contributed by atoms with Crippen LogP contribution >= 0.6 is 0 Å². The standard InChI is InChI=1S/C14H20N2O3/c1-18-9-7-15-14(17)16-8-10-19-13(11-16)12-5-3-2-4-6-12/h2-6,13H,7-11H2,1H3,(H,15,17). The van der Waals surface area contributed by atoms with Crippen molar-refractivity contribution < 1.29 is 14.3 Å². The minimum atomic E-state index is -0.0544. The van der Waals surface area contributed by atoms with E-state index in [0.29, 0.717) is 32.8 Å².